The van der Waals surface area contributed by atoms with Crippen molar-refractivity contribution in [1.82, 2.24) is 4.57 Å². The van der Waals surface area contributed by atoms with Crippen molar-refractivity contribution in [3.05, 3.63) is 216 Å². The maximum Gasteiger partial charge on any atom is 0.259 e. The van der Waals surface area contributed by atoms with Crippen molar-refractivity contribution in [1.29, 1.82) is 0 Å². The fourth-order valence-corrected chi connectivity index (χ4v) is 12.4. The average molecular weight is 1060 g/mol. The molecule has 2 aliphatic rings. The fourth-order valence-electron chi connectivity index (χ4n) is 12.4. The number of hydrogen-bond donors (Lipinski definition) is 0. The van der Waals surface area contributed by atoms with Crippen LogP contribution in [0.2, 0.25) is 0 Å². The van der Waals surface area contributed by atoms with Gasteiger partial charge >= 0.3 is 0 Å². The van der Waals surface area contributed by atoms with Gasteiger partial charge in [-0.1, -0.05) is 195 Å². The maximum absolute atomic E-state index is 9.63. The second-order valence-electron chi connectivity index (χ2n) is 28.0. The number of aromatic nitrogens is 1. The Labute approximate surface area is 484 Å². The SMILES string of the molecule is [2H]c1cc2c3c(c1)N(c1ccc(C(C)(C)C)cc1)c1cc(N(c4ccc(C(C)(C)C)cc4)c4ccc(C(C)(C)C)cc4)c4c5ccccc5n(C)c4c1B3c1ccc(N(c3ccc(C(C)(C)C)cc3)c3ccc(C(C)(C)C)cc3)cc1O2. The normalized spacial score (nSPS) is 13.7. The summed E-state index contributed by atoms with van der Waals surface area (Å²) in [7, 11) is 2.25. The highest BCUT2D eigenvalue weighted by atomic mass is 16.5. The lowest BCUT2D eigenvalue weighted by atomic mass is 9.34. The minimum atomic E-state index is -0.265. The zero-order valence-electron chi connectivity index (χ0n) is 51.6. The van der Waals surface area contributed by atoms with Gasteiger partial charge in [-0.15, -0.1) is 0 Å². The number of para-hydroxylation sites is 1. The van der Waals surface area contributed by atoms with Crippen molar-refractivity contribution in [2.45, 2.75) is 131 Å². The highest BCUT2D eigenvalue weighted by Gasteiger charge is 2.45. The molecule has 0 bridgehead atoms. The van der Waals surface area contributed by atoms with Gasteiger partial charge in [-0.05, 0) is 162 Å². The lowest BCUT2D eigenvalue weighted by molar-refractivity contribution is 0.487. The number of aryl methyl sites for hydroxylation is 1. The van der Waals surface area contributed by atoms with E-state index in [4.69, 9.17) is 4.74 Å². The molecule has 0 radical (unpaired) electrons. The van der Waals surface area contributed by atoms with E-state index in [1.165, 1.54) is 44.1 Å². The summed E-state index contributed by atoms with van der Waals surface area (Å²) < 4.78 is 19.4. The molecule has 0 amide bonds. The van der Waals surface area contributed by atoms with Gasteiger partial charge in [-0.3, -0.25) is 0 Å². The molecule has 0 spiro atoms. The smallest absolute Gasteiger partial charge is 0.259 e. The van der Waals surface area contributed by atoms with Crippen LogP contribution in [-0.4, -0.2) is 11.3 Å². The van der Waals surface area contributed by atoms with Crippen molar-refractivity contribution >= 4 is 96.1 Å². The Kier molecular flexibility index (Phi) is 12.3. The molecule has 0 fully saturated rings. The van der Waals surface area contributed by atoms with Gasteiger partial charge in [-0.2, -0.15) is 0 Å². The van der Waals surface area contributed by atoms with E-state index in [1.54, 1.807) is 0 Å². The molecule has 0 aliphatic carbocycles. The summed E-state index contributed by atoms with van der Waals surface area (Å²) in [6, 6.07) is 68.2. The Morgan fingerprint density at radius 3 is 1.32 bits per heavy atom. The van der Waals surface area contributed by atoms with E-state index in [0.717, 1.165) is 78.9 Å². The molecule has 5 nitrogen and oxygen atoms in total. The van der Waals surface area contributed by atoms with Crippen LogP contribution in [0.3, 0.4) is 0 Å². The number of fused-ring (bicyclic) bond motifs is 8. The topological polar surface area (TPSA) is 23.9 Å². The predicted octanol–water partition coefficient (Wildman–Crippen LogP) is 19.2. The number of rotatable bonds is 7. The molecule has 0 saturated heterocycles. The van der Waals surface area contributed by atoms with E-state index in [2.05, 4.69) is 306 Å². The number of nitrogens with zero attached hydrogens (tertiary/aromatic N) is 4. The summed E-state index contributed by atoms with van der Waals surface area (Å²) in [5.41, 5.74) is 21.3. The van der Waals surface area contributed by atoms with Crippen molar-refractivity contribution in [2.24, 2.45) is 7.05 Å². The molecule has 0 N–H and O–H groups in total. The van der Waals surface area contributed by atoms with Gasteiger partial charge in [-0.25, -0.2) is 0 Å². The van der Waals surface area contributed by atoms with Crippen LogP contribution in [0, 0.1) is 0 Å². The Balaban J connectivity index is 1.15. The van der Waals surface area contributed by atoms with Crippen molar-refractivity contribution in [3.63, 3.8) is 0 Å². The van der Waals surface area contributed by atoms with Gasteiger partial charge in [0.15, 0.2) is 0 Å². The van der Waals surface area contributed by atoms with E-state index in [1.807, 2.05) is 6.07 Å². The van der Waals surface area contributed by atoms with Gasteiger partial charge in [0.05, 0.1) is 7.06 Å². The van der Waals surface area contributed by atoms with Crippen LogP contribution >= 0.6 is 0 Å². The summed E-state index contributed by atoms with van der Waals surface area (Å²) >= 11 is 0. The first-order valence-electron chi connectivity index (χ1n) is 29.6. The third-order valence-electron chi connectivity index (χ3n) is 17.2. The lowest BCUT2D eigenvalue weighted by Gasteiger charge is -2.41. The van der Waals surface area contributed by atoms with Crippen molar-refractivity contribution in [2.75, 3.05) is 14.7 Å². The van der Waals surface area contributed by atoms with Crippen molar-refractivity contribution in [3.8, 4) is 11.5 Å². The molecule has 6 heteroatoms. The second-order valence-corrected chi connectivity index (χ2v) is 28.0. The van der Waals surface area contributed by atoms with Gasteiger partial charge in [0.1, 0.15) is 11.5 Å². The van der Waals surface area contributed by atoms with Crippen LogP contribution in [0.1, 0.15) is 133 Å². The van der Waals surface area contributed by atoms with Gasteiger partial charge < -0.3 is 24.0 Å². The molecule has 408 valence electrons. The van der Waals surface area contributed by atoms with Crippen LogP contribution < -0.4 is 35.8 Å². The van der Waals surface area contributed by atoms with Gasteiger partial charge in [0.2, 0.25) is 0 Å². The molecule has 3 heterocycles. The fraction of sp³-hybridized carbons (Fsp3) is 0.280. The van der Waals surface area contributed by atoms with Crippen LogP contribution in [0.5, 0.6) is 11.5 Å². The summed E-state index contributed by atoms with van der Waals surface area (Å²) in [6.45, 7) is 33.8. The molecule has 81 heavy (non-hydrogen) atoms. The van der Waals surface area contributed by atoms with Gasteiger partial charge in [0.25, 0.3) is 6.71 Å². The van der Waals surface area contributed by atoms with Crippen LogP contribution in [-0.2, 0) is 34.1 Å². The summed E-state index contributed by atoms with van der Waals surface area (Å²) in [5, 5.41) is 2.36. The Hall–Kier alpha value is -7.96. The first kappa shape index (κ1) is 52.4. The quantitative estimate of drug-likeness (QED) is 0.148. The zero-order valence-corrected chi connectivity index (χ0v) is 50.6. The molecule has 1 aromatic heterocycles. The van der Waals surface area contributed by atoms with E-state index >= 15 is 0 Å². The monoisotopic (exact) mass is 1060 g/mol. The second kappa shape index (κ2) is 19.1. The maximum atomic E-state index is 9.63. The Morgan fingerprint density at radius 1 is 0.420 bits per heavy atom. The molecule has 2 aliphatic heterocycles. The third-order valence-corrected chi connectivity index (χ3v) is 17.2. The van der Waals surface area contributed by atoms with E-state index in [-0.39, 0.29) is 33.8 Å². The minimum Gasteiger partial charge on any atom is -0.458 e. The van der Waals surface area contributed by atoms with E-state index in [0.29, 0.717) is 11.8 Å². The van der Waals surface area contributed by atoms with Crippen molar-refractivity contribution < 1.29 is 6.11 Å². The number of hydrogen-bond acceptors (Lipinski definition) is 4. The molecule has 0 unspecified atom stereocenters. The Morgan fingerprint density at radius 2 is 0.852 bits per heavy atom. The minimum absolute atomic E-state index is 0.00609. The molecule has 9 aromatic carbocycles. The number of anilines is 9. The summed E-state index contributed by atoms with van der Waals surface area (Å²) in [6.07, 6.45) is 0. The van der Waals surface area contributed by atoms with Crippen LogP contribution in [0.4, 0.5) is 51.2 Å². The van der Waals surface area contributed by atoms with E-state index < -0.39 is 0 Å². The van der Waals surface area contributed by atoms with Crippen LogP contribution in [0.15, 0.2) is 188 Å². The largest absolute Gasteiger partial charge is 0.458 e. The molecular formula is C75H79BN4O. The number of benzene rings is 9. The zero-order chi connectivity index (χ0) is 58.2. The average Bonchev–Trinajstić information content (AvgIpc) is 1.40. The van der Waals surface area contributed by atoms with Gasteiger partial charge in [0, 0.05) is 80.4 Å². The van der Waals surface area contributed by atoms with E-state index in [9.17, 15) is 1.37 Å². The summed E-state index contributed by atoms with van der Waals surface area (Å²) in [5.74, 6) is 1.48. The standard InChI is InChI=1S/C75H79BN4O/c1-71(2,3)48-24-34-53(35-25-48)78(54-36-26-49(27-37-54)72(4,5)6)58-44-45-60-66(46-58)81-65-23-19-22-62-68(65)76(60)69-64(80(62)57-42-32-52(33-43-57)75(13,14)15)47-63(67-59-20-17-18-21-61(59)77(16)70(67)69)79(55-38-28-50(29-39-55)73(7,8)9)56-40-30-51(31-41-56)74(10,11)12/h17-47H,1-16H3/i19D. The highest BCUT2D eigenvalue weighted by Crippen LogP contribution is 2.50. The predicted molar refractivity (Wildman–Crippen MR) is 349 cm³/mol. The molecule has 12 rings (SSSR count). The molecule has 0 atom stereocenters. The third kappa shape index (κ3) is 9.39. The lowest BCUT2D eigenvalue weighted by Crippen LogP contribution is -2.60. The highest BCUT2D eigenvalue weighted by molar-refractivity contribution is 7.00. The molecule has 0 saturated carbocycles. The molecule has 10 aromatic rings. The first-order chi connectivity index (χ1) is 38.6. The molecular weight excluding hydrogens is 984 g/mol. The first-order valence-corrected chi connectivity index (χ1v) is 29.1. The summed E-state index contributed by atoms with van der Waals surface area (Å²) in [4.78, 5) is 7.26. The van der Waals surface area contributed by atoms with Crippen LogP contribution in [0.25, 0.3) is 21.8 Å². The number of ether oxygens (including phenoxy) is 1. The Bertz CT molecular complexity index is 3970.